The van der Waals surface area contributed by atoms with E-state index in [0.29, 0.717) is 30.5 Å². The maximum absolute atomic E-state index is 12.5. The predicted molar refractivity (Wildman–Crippen MR) is 103 cm³/mol. The van der Waals surface area contributed by atoms with Gasteiger partial charge in [-0.05, 0) is 18.2 Å². The van der Waals surface area contributed by atoms with Crippen LogP contribution >= 0.6 is 11.6 Å². The van der Waals surface area contributed by atoms with Crippen LogP contribution in [0.2, 0.25) is 5.02 Å². The van der Waals surface area contributed by atoms with Crippen LogP contribution in [-0.2, 0) is 22.6 Å². The Kier molecular flexibility index (Phi) is 6.49. The van der Waals surface area contributed by atoms with Crippen LogP contribution in [0.3, 0.4) is 0 Å². The molecule has 144 valence electrons. The van der Waals surface area contributed by atoms with Crippen LogP contribution in [0, 0.1) is 0 Å². The second-order valence-corrected chi connectivity index (χ2v) is 6.71. The smallest absolute Gasteiger partial charge is 0.244 e. The van der Waals surface area contributed by atoms with Crippen LogP contribution in [0.25, 0.3) is 0 Å². The molecule has 0 unspecified atom stereocenters. The van der Waals surface area contributed by atoms with Gasteiger partial charge in [0.25, 0.3) is 0 Å². The number of amides is 1. The molecule has 0 atom stereocenters. The Labute approximate surface area is 162 Å². The van der Waals surface area contributed by atoms with Crippen molar-refractivity contribution < 1.29 is 14.3 Å². The number of anilines is 1. The van der Waals surface area contributed by atoms with Gasteiger partial charge in [0.15, 0.2) is 5.75 Å². The van der Waals surface area contributed by atoms with E-state index in [4.69, 9.17) is 21.1 Å². The molecule has 2 aromatic rings. The lowest BCUT2D eigenvalue weighted by Gasteiger charge is -2.27. The number of halogens is 1. The highest BCUT2D eigenvalue weighted by atomic mass is 35.5. The summed E-state index contributed by atoms with van der Waals surface area (Å²) in [6, 6.07) is 8.49. The fourth-order valence-corrected chi connectivity index (χ4v) is 3.13. The Balaban J connectivity index is 1.78. The number of methoxy groups -OCH3 is 1. The van der Waals surface area contributed by atoms with Crippen molar-refractivity contribution >= 4 is 23.2 Å². The standard InChI is InChI=1S/C19H22ClN3O4/c1-26-18-12-23(13-19(25)21-15-4-2-3-14(20)9-15)16(10-17(18)24)11-22-5-7-27-8-6-22/h2-4,9-10,12H,5-8,11,13H2,1H3,(H,21,25). The van der Waals surface area contributed by atoms with E-state index < -0.39 is 0 Å². The first-order chi connectivity index (χ1) is 13.0. The van der Waals surface area contributed by atoms with Crippen LogP contribution in [-0.4, -0.2) is 48.8 Å². The van der Waals surface area contributed by atoms with Gasteiger partial charge < -0.3 is 19.4 Å². The van der Waals surface area contributed by atoms with Crippen LogP contribution in [0.4, 0.5) is 5.69 Å². The number of carbonyl (C=O) groups is 1. The third-order valence-electron chi connectivity index (χ3n) is 4.31. The summed E-state index contributed by atoms with van der Waals surface area (Å²) in [5.41, 5.74) is 1.17. The third kappa shape index (κ3) is 5.32. The summed E-state index contributed by atoms with van der Waals surface area (Å²) in [6.07, 6.45) is 1.58. The number of carbonyl (C=O) groups excluding carboxylic acids is 1. The van der Waals surface area contributed by atoms with Gasteiger partial charge >= 0.3 is 0 Å². The van der Waals surface area contributed by atoms with E-state index >= 15 is 0 Å². The molecule has 2 heterocycles. The predicted octanol–water partition coefficient (Wildman–Crippen LogP) is 1.98. The first kappa shape index (κ1) is 19.4. The number of morpholine rings is 1. The monoisotopic (exact) mass is 391 g/mol. The Hall–Kier alpha value is -2.35. The summed E-state index contributed by atoms with van der Waals surface area (Å²) in [7, 11) is 1.44. The van der Waals surface area contributed by atoms with Gasteiger partial charge in [-0.2, -0.15) is 0 Å². The van der Waals surface area contributed by atoms with Gasteiger partial charge in [0.1, 0.15) is 6.54 Å². The lowest BCUT2D eigenvalue weighted by atomic mass is 10.2. The number of nitrogens with one attached hydrogen (secondary N) is 1. The van der Waals surface area contributed by atoms with Gasteiger partial charge in [0.05, 0.1) is 26.5 Å². The molecule has 1 saturated heterocycles. The van der Waals surface area contributed by atoms with Gasteiger partial charge in [-0.25, -0.2) is 0 Å². The zero-order chi connectivity index (χ0) is 19.2. The van der Waals surface area contributed by atoms with Gasteiger partial charge in [-0.15, -0.1) is 0 Å². The molecule has 1 aliphatic heterocycles. The SMILES string of the molecule is COc1cn(CC(=O)Nc2cccc(Cl)c2)c(CN2CCOCC2)cc1=O. The molecule has 3 rings (SSSR count). The average Bonchev–Trinajstić information content (AvgIpc) is 2.64. The average molecular weight is 392 g/mol. The minimum absolute atomic E-state index is 0.0584. The molecule has 1 fully saturated rings. The number of rotatable bonds is 6. The molecule has 0 saturated carbocycles. The molecule has 8 heteroatoms. The largest absolute Gasteiger partial charge is 0.491 e. The molecular weight excluding hydrogens is 370 g/mol. The summed E-state index contributed by atoms with van der Waals surface area (Å²) in [6.45, 7) is 3.52. The summed E-state index contributed by atoms with van der Waals surface area (Å²) in [4.78, 5) is 26.9. The zero-order valence-electron chi connectivity index (χ0n) is 15.1. The first-order valence-electron chi connectivity index (χ1n) is 8.68. The fraction of sp³-hybridized carbons (Fsp3) is 0.368. The molecular formula is C19H22ClN3O4. The van der Waals surface area contributed by atoms with Crippen molar-refractivity contribution in [3.05, 3.63) is 57.5 Å². The number of hydrogen-bond donors (Lipinski definition) is 1. The van der Waals surface area contributed by atoms with Crippen molar-refractivity contribution in [1.29, 1.82) is 0 Å². The molecule has 0 aliphatic carbocycles. The van der Waals surface area contributed by atoms with Gasteiger partial charge in [0, 0.05) is 42.1 Å². The van der Waals surface area contributed by atoms with Crippen LogP contribution < -0.4 is 15.5 Å². The number of ether oxygens (including phenoxy) is 2. The lowest BCUT2D eigenvalue weighted by molar-refractivity contribution is -0.116. The van der Waals surface area contributed by atoms with Crippen molar-refractivity contribution in [1.82, 2.24) is 9.47 Å². The van der Waals surface area contributed by atoms with Crippen molar-refractivity contribution in [2.75, 3.05) is 38.7 Å². The van der Waals surface area contributed by atoms with Crippen LogP contribution in [0.5, 0.6) is 5.75 Å². The van der Waals surface area contributed by atoms with Crippen LogP contribution in [0.15, 0.2) is 41.3 Å². The molecule has 0 bridgehead atoms. The fourth-order valence-electron chi connectivity index (χ4n) is 2.94. The Morgan fingerprint density at radius 2 is 2.07 bits per heavy atom. The Morgan fingerprint density at radius 1 is 1.30 bits per heavy atom. The molecule has 1 N–H and O–H groups in total. The van der Waals surface area contributed by atoms with Gasteiger partial charge in [-0.1, -0.05) is 17.7 Å². The van der Waals surface area contributed by atoms with E-state index in [1.807, 2.05) is 0 Å². The molecule has 1 aliphatic rings. The molecule has 0 spiro atoms. The summed E-state index contributed by atoms with van der Waals surface area (Å²) in [5.74, 6) is -0.0116. The topological polar surface area (TPSA) is 72.8 Å². The van der Waals surface area contributed by atoms with E-state index in [-0.39, 0.29) is 23.6 Å². The first-order valence-corrected chi connectivity index (χ1v) is 9.06. The van der Waals surface area contributed by atoms with Crippen molar-refractivity contribution in [2.45, 2.75) is 13.1 Å². The highest BCUT2D eigenvalue weighted by Gasteiger charge is 2.16. The van der Waals surface area contributed by atoms with Crippen LogP contribution in [0.1, 0.15) is 5.69 Å². The molecule has 1 aromatic carbocycles. The van der Waals surface area contributed by atoms with E-state index in [0.717, 1.165) is 18.8 Å². The Bertz CT molecular complexity index is 862. The molecule has 7 nitrogen and oxygen atoms in total. The maximum atomic E-state index is 12.5. The van der Waals surface area contributed by atoms with Gasteiger partial charge in [-0.3, -0.25) is 14.5 Å². The highest BCUT2D eigenvalue weighted by Crippen LogP contribution is 2.16. The highest BCUT2D eigenvalue weighted by molar-refractivity contribution is 6.30. The molecule has 27 heavy (non-hydrogen) atoms. The van der Waals surface area contributed by atoms with E-state index in [1.54, 1.807) is 35.0 Å². The summed E-state index contributed by atoms with van der Waals surface area (Å²) < 4.78 is 12.2. The van der Waals surface area contributed by atoms with Crippen molar-refractivity contribution in [3.8, 4) is 5.75 Å². The third-order valence-corrected chi connectivity index (χ3v) is 4.55. The number of hydrogen-bond acceptors (Lipinski definition) is 5. The minimum atomic E-state index is -0.216. The summed E-state index contributed by atoms with van der Waals surface area (Å²) >= 11 is 5.96. The number of nitrogens with zero attached hydrogens (tertiary/aromatic N) is 2. The lowest BCUT2D eigenvalue weighted by Crippen LogP contribution is -2.37. The number of aromatic nitrogens is 1. The number of pyridine rings is 1. The van der Waals surface area contributed by atoms with E-state index in [2.05, 4.69) is 10.2 Å². The normalized spacial score (nSPS) is 14.7. The van der Waals surface area contributed by atoms with E-state index in [9.17, 15) is 9.59 Å². The van der Waals surface area contributed by atoms with E-state index in [1.165, 1.54) is 13.2 Å². The maximum Gasteiger partial charge on any atom is 0.244 e. The Morgan fingerprint density at radius 3 is 2.78 bits per heavy atom. The number of benzene rings is 1. The van der Waals surface area contributed by atoms with Gasteiger partial charge in [0.2, 0.25) is 11.3 Å². The van der Waals surface area contributed by atoms with Crippen molar-refractivity contribution in [3.63, 3.8) is 0 Å². The molecule has 1 amide bonds. The summed E-state index contributed by atoms with van der Waals surface area (Å²) in [5, 5.41) is 3.36. The zero-order valence-corrected chi connectivity index (χ0v) is 15.9. The minimum Gasteiger partial charge on any atom is -0.491 e. The molecule has 1 aromatic heterocycles. The van der Waals surface area contributed by atoms with Crippen molar-refractivity contribution in [2.24, 2.45) is 0 Å². The quantitative estimate of drug-likeness (QED) is 0.815. The second kappa shape index (κ2) is 9.03. The molecule has 0 radical (unpaired) electrons. The second-order valence-electron chi connectivity index (χ2n) is 6.27.